The molecule has 0 saturated carbocycles. The molecule has 0 saturated heterocycles. The average Bonchev–Trinajstić information content (AvgIpc) is 2.39. The van der Waals surface area contributed by atoms with Gasteiger partial charge in [0, 0.05) is 23.1 Å². The zero-order valence-electron chi connectivity index (χ0n) is 10.1. The second-order valence-electron chi connectivity index (χ2n) is 3.75. The fourth-order valence-electron chi connectivity index (χ4n) is 1.62. The molecule has 0 aliphatic heterocycles. The van der Waals surface area contributed by atoms with E-state index in [0.29, 0.717) is 11.5 Å². The van der Waals surface area contributed by atoms with Crippen LogP contribution in [0, 0.1) is 0 Å². The number of hydrogen-bond acceptors (Lipinski definition) is 4. The normalized spacial score (nSPS) is 10.6. The molecule has 0 aliphatic carbocycles. The molecule has 5 heteroatoms. The van der Waals surface area contributed by atoms with Crippen LogP contribution in [0.2, 0.25) is 0 Å². The van der Waals surface area contributed by atoms with Gasteiger partial charge in [-0.05, 0) is 17.9 Å². The van der Waals surface area contributed by atoms with E-state index in [-0.39, 0.29) is 12.1 Å². The van der Waals surface area contributed by atoms with Gasteiger partial charge in [0.2, 0.25) is 0 Å². The van der Waals surface area contributed by atoms with E-state index in [1.54, 1.807) is 11.8 Å². The highest BCUT2D eigenvalue weighted by Crippen LogP contribution is 2.21. The summed E-state index contributed by atoms with van der Waals surface area (Å²) in [6.45, 7) is 2.38. The summed E-state index contributed by atoms with van der Waals surface area (Å²) in [6, 6.07) is 9.38. The number of aromatic amines is 1. The summed E-state index contributed by atoms with van der Waals surface area (Å²) < 4.78 is 0. The molecule has 0 bridgehead atoms. The molecule has 0 atom stereocenters. The van der Waals surface area contributed by atoms with Crippen molar-refractivity contribution in [2.45, 2.75) is 18.4 Å². The zero-order chi connectivity index (χ0) is 13.0. The van der Waals surface area contributed by atoms with Crippen molar-refractivity contribution in [3.63, 3.8) is 0 Å². The van der Waals surface area contributed by atoms with Gasteiger partial charge in [0.05, 0.1) is 5.69 Å². The Kier molecular flexibility index (Phi) is 4.17. The lowest BCUT2D eigenvalue weighted by Gasteiger charge is -2.04. The molecule has 2 aromatic rings. The topological polar surface area (TPSA) is 71.8 Å². The van der Waals surface area contributed by atoms with Gasteiger partial charge in [0.25, 0.3) is 5.56 Å². The third kappa shape index (κ3) is 3.00. The maximum Gasteiger partial charge on any atom is 0.251 e. The molecule has 1 aromatic carbocycles. The molecule has 1 heterocycles. The van der Waals surface area contributed by atoms with Crippen LogP contribution in [0.3, 0.4) is 0 Å². The summed E-state index contributed by atoms with van der Waals surface area (Å²) in [5.74, 6) is 1.60. The number of H-pyrrole nitrogens is 1. The monoisotopic (exact) mass is 261 g/mol. The molecule has 1 aromatic heterocycles. The van der Waals surface area contributed by atoms with Gasteiger partial charge >= 0.3 is 0 Å². The van der Waals surface area contributed by atoms with Crippen LogP contribution in [0.15, 0.2) is 40.0 Å². The molecule has 0 amide bonds. The maximum absolute atomic E-state index is 11.5. The molecule has 0 unspecified atom stereocenters. The van der Waals surface area contributed by atoms with Gasteiger partial charge < -0.3 is 10.7 Å². The molecule has 2 rings (SSSR count). The lowest BCUT2D eigenvalue weighted by Crippen LogP contribution is -2.12. The van der Waals surface area contributed by atoms with Gasteiger partial charge in [-0.15, -0.1) is 11.8 Å². The highest BCUT2D eigenvalue weighted by Gasteiger charge is 2.03. The number of aromatic nitrogens is 2. The lowest BCUT2D eigenvalue weighted by atomic mass is 10.2. The van der Waals surface area contributed by atoms with Crippen LogP contribution in [0.4, 0.5) is 0 Å². The minimum absolute atomic E-state index is 0.174. The van der Waals surface area contributed by atoms with Crippen LogP contribution >= 0.6 is 11.8 Å². The summed E-state index contributed by atoms with van der Waals surface area (Å²) in [6.07, 6.45) is 0. The van der Waals surface area contributed by atoms with E-state index in [0.717, 1.165) is 11.3 Å². The predicted molar refractivity (Wildman–Crippen MR) is 74.6 cm³/mol. The van der Waals surface area contributed by atoms with Gasteiger partial charge in [-0.1, -0.05) is 19.1 Å². The number of nitrogens with two attached hydrogens (primary N) is 1. The molecule has 0 radical (unpaired) electrons. The second-order valence-corrected chi connectivity index (χ2v) is 5.08. The number of thioether (sulfide) groups is 1. The molecule has 0 aliphatic rings. The van der Waals surface area contributed by atoms with Gasteiger partial charge in [0.15, 0.2) is 0 Å². The van der Waals surface area contributed by atoms with Gasteiger partial charge in [-0.2, -0.15) is 0 Å². The van der Waals surface area contributed by atoms with Crippen molar-refractivity contribution in [3.05, 3.63) is 46.4 Å². The van der Waals surface area contributed by atoms with E-state index in [9.17, 15) is 4.79 Å². The Labute approximate surface area is 110 Å². The van der Waals surface area contributed by atoms with E-state index in [1.165, 1.54) is 11.0 Å². The van der Waals surface area contributed by atoms with Crippen molar-refractivity contribution in [3.8, 4) is 11.4 Å². The van der Waals surface area contributed by atoms with Gasteiger partial charge in [-0.25, -0.2) is 4.98 Å². The number of hydrogen-bond donors (Lipinski definition) is 2. The van der Waals surface area contributed by atoms with Gasteiger partial charge in [-0.3, -0.25) is 4.79 Å². The summed E-state index contributed by atoms with van der Waals surface area (Å²) in [5.41, 5.74) is 6.83. The first-order chi connectivity index (χ1) is 8.72. The SMILES string of the molecule is CCSc1ccc(-c2nc(CN)cc(=O)[nH]2)cc1. The molecule has 0 fully saturated rings. The van der Waals surface area contributed by atoms with Crippen molar-refractivity contribution >= 4 is 11.8 Å². The Morgan fingerprint density at radius 1 is 1.33 bits per heavy atom. The number of nitrogens with zero attached hydrogens (tertiary/aromatic N) is 1. The van der Waals surface area contributed by atoms with Crippen LogP contribution in [0.25, 0.3) is 11.4 Å². The van der Waals surface area contributed by atoms with Crippen molar-refractivity contribution in [2.75, 3.05) is 5.75 Å². The molecule has 4 nitrogen and oxygen atoms in total. The largest absolute Gasteiger partial charge is 0.325 e. The van der Waals surface area contributed by atoms with Crippen LogP contribution < -0.4 is 11.3 Å². The first-order valence-corrected chi connectivity index (χ1v) is 6.75. The minimum Gasteiger partial charge on any atom is -0.325 e. The Morgan fingerprint density at radius 3 is 2.67 bits per heavy atom. The summed E-state index contributed by atoms with van der Waals surface area (Å²) in [7, 11) is 0. The van der Waals surface area contributed by atoms with E-state index in [2.05, 4.69) is 16.9 Å². The third-order valence-corrected chi connectivity index (χ3v) is 3.34. The molecule has 0 spiro atoms. The highest BCUT2D eigenvalue weighted by atomic mass is 32.2. The Hall–Kier alpha value is -1.59. The summed E-state index contributed by atoms with van der Waals surface area (Å²) in [4.78, 5) is 19.7. The number of benzene rings is 1. The second kappa shape index (κ2) is 5.84. The quantitative estimate of drug-likeness (QED) is 0.826. The predicted octanol–water partition coefficient (Wildman–Crippen LogP) is 2.01. The van der Waals surface area contributed by atoms with Crippen molar-refractivity contribution in [2.24, 2.45) is 5.73 Å². The Balaban J connectivity index is 2.36. The Bertz CT molecular complexity index is 578. The smallest absolute Gasteiger partial charge is 0.251 e. The minimum atomic E-state index is -0.174. The third-order valence-electron chi connectivity index (χ3n) is 2.44. The number of nitrogens with one attached hydrogen (secondary N) is 1. The molecular formula is C13H15N3OS. The van der Waals surface area contributed by atoms with Crippen LogP contribution in [-0.4, -0.2) is 15.7 Å². The summed E-state index contributed by atoms with van der Waals surface area (Å²) >= 11 is 1.78. The van der Waals surface area contributed by atoms with Crippen LogP contribution in [0.1, 0.15) is 12.6 Å². The zero-order valence-corrected chi connectivity index (χ0v) is 11.0. The Morgan fingerprint density at radius 2 is 2.06 bits per heavy atom. The standard InChI is InChI=1S/C13H15N3OS/c1-2-18-11-5-3-9(4-6-11)13-15-10(8-14)7-12(17)16-13/h3-7H,2,8,14H2,1H3,(H,15,16,17). The van der Waals surface area contributed by atoms with Crippen molar-refractivity contribution in [1.82, 2.24) is 9.97 Å². The van der Waals surface area contributed by atoms with E-state index < -0.39 is 0 Å². The highest BCUT2D eigenvalue weighted by molar-refractivity contribution is 7.99. The average molecular weight is 261 g/mol. The van der Waals surface area contributed by atoms with E-state index >= 15 is 0 Å². The molecule has 94 valence electrons. The van der Waals surface area contributed by atoms with Gasteiger partial charge in [0.1, 0.15) is 5.82 Å². The molecule has 3 N–H and O–H groups in total. The fraction of sp³-hybridized carbons (Fsp3) is 0.231. The van der Waals surface area contributed by atoms with Crippen molar-refractivity contribution in [1.29, 1.82) is 0 Å². The first-order valence-electron chi connectivity index (χ1n) is 5.76. The number of rotatable bonds is 4. The molecular weight excluding hydrogens is 246 g/mol. The first kappa shape index (κ1) is 12.9. The van der Waals surface area contributed by atoms with E-state index in [4.69, 9.17) is 5.73 Å². The maximum atomic E-state index is 11.5. The van der Waals surface area contributed by atoms with Crippen molar-refractivity contribution < 1.29 is 0 Å². The van der Waals surface area contributed by atoms with E-state index in [1.807, 2.05) is 24.3 Å². The van der Waals surface area contributed by atoms with Crippen LogP contribution in [0.5, 0.6) is 0 Å². The lowest BCUT2D eigenvalue weighted by molar-refractivity contribution is 0.956. The molecule has 18 heavy (non-hydrogen) atoms. The fourth-order valence-corrected chi connectivity index (χ4v) is 2.29. The summed E-state index contributed by atoms with van der Waals surface area (Å²) in [5, 5.41) is 0. The van der Waals surface area contributed by atoms with Crippen LogP contribution in [-0.2, 0) is 6.54 Å².